The average Bonchev–Trinajstić information content (AvgIpc) is 2.69. The maximum Gasteiger partial charge on any atom is 0.324 e. The van der Waals surface area contributed by atoms with Crippen LogP contribution in [-0.2, 0) is 6.42 Å². The van der Waals surface area contributed by atoms with Gasteiger partial charge in [0, 0.05) is 18.5 Å². The van der Waals surface area contributed by atoms with E-state index < -0.39 is 0 Å². The Kier molecular flexibility index (Phi) is 5.77. The zero-order chi connectivity index (χ0) is 11.8. The minimum atomic E-state index is -0.145. The van der Waals surface area contributed by atoms with Crippen molar-refractivity contribution in [1.29, 1.82) is 0 Å². The maximum absolute atomic E-state index is 10.8. The zero-order valence-corrected chi connectivity index (χ0v) is 10.5. The largest absolute Gasteiger partial charge is 0.348 e. The summed E-state index contributed by atoms with van der Waals surface area (Å²) in [6.07, 6.45) is 4.89. The smallest absolute Gasteiger partial charge is 0.324 e. The molecule has 3 N–H and O–H groups in total. The second kappa shape index (κ2) is 7.16. The molecule has 0 aliphatic carbocycles. The molecular formula is C10H18N4OS. The Bertz CT molecular complexity index is 326. The van der Waals surface area contributed by atoms with E-state index in [1.807, 2.05) is 6.92 Å². The Labute approximate surface area is 99.9 Å². The summed E-state index contributed by atoms with van der Waals surface area (Å²) >= 11 is 1.44. The molecule has 5 nitrogen and oxygen atoms in total. The first kappa shape index (κ1) is 12.9. The number of nitrogens with zero attached hydrogens (tertiary/aromatic N) is 1. The number of imidazole rings is 1. The van der Waals surface area contributed by atoms with Gasteiger partial charge in [-0.1, -0.05) is 0 Å². The highest BCUT2D eigenvalue weighted by molar-refractivity contribution is 7.97. The van der Waals surface area contributed by atoms with Crippen molar-refractivity contribution in [1.82, 2.24) is 20.0 Å². The third-order valence-electron chi connectivity index (χ3n) is 2.24. The summed E-state index contributed by atoms with van der Waals surface area (Å²) in [6.45, 7) is 2.03. The quantitative estimate of drug-likeness (QED) is 0.524. The first-order chi connectivity index (χ1) is 7.74. The van der Waals surface area contributed by atoms with E-state index in [2.05, 4.69) is 20.0 Å². The van der Waals surface area contributed by atoms with E-state index in [1.165, 1.54) is 11.9 Å². The number of hydrogen-bond acceptors (Lipinski definition) is 3. The maximum atomic E-state index is 10.8. The number of rotatable bonds is 6. The van der Waals surface area contributed by atoms with Gasteiger partial charge in [0.2, 0.25) is 0 Å². The van der Waals surface area contributed by atoms with Crippen LogP contribution >= 0.6 is 11.9 Å². The third-order valence-corrected chi connectivity index (χ3v) is 3.06. The number of urea groups is 1. The lowest BCUT2D eigenvalue weighted by Crippen LogP contribution is -2.27. The summed E-state index contributed by atoms with van der Waals surface area (Å²) in [5.74, 6) is 0.927. The number of unbranched alkanes of at least 4 members (excludes halogenated alkanes) is 1. The van der Waals surface area contributed by atoms with Crippen LogP contribution < -0.4 is 10.0 Å². The number of H-pyrrole nitrogens is 1. The molecule has 1 aromatic heterocycles. The molecule has 0 radical (unpaired) electrons. The van der Waals surface area contributed by atoms with Crippen LogP contribution in [0.4, 0.5) is 4.79 Å². The SMILES string of the molecule is CNC(=O)NSCCCCc1nc[nH]c1C. The molecule has 90 valence electrons. The number of aromatic amines is 1. The molecule has 0 saturated carbocycles. The van der Waals surface area contributed by atoms with Crippen molar-refractivity contribution < 1.29 is 4.79 Å². The lowest BCUT2D eigenvalue weighted by molar-refractivity contribution is 0.248. The summed E-state index contributed by atoms with van der Waals surface area (Å²) in [6, 6.07) is -0.145. The molecule has 0 aliphatic rings. The molecule has 1 rings (SSSR count). The van der Waals surface area contributed by atoms with E-state index in [4.69, 9.17) is 0 Å². The molecule has 1 heterocycles. The molecule has 0 unspecified atom stereocenters. The highest BCUT2D eigenvalue weighted by Crippen LogP contribution is 2.07. The van der Waals surface area contributed by atoms with Crippen LogP contribution in [-0.4, -0.2) is 28.8 Å². The van der Waals surface area contributed by atoms with Gasteiger partial charge < -0.3 is 10.3 Å². The van der Waals surface area contributed by atoms with E-state index in [0.29, 0.717) is 0 Å². The number of nitrogens with one attached hydrogen (secondary N) is 3. The van der Waals surface area contributed by atoms with Crippen LogP contribution in [0.5, 0.6) is 0 Å². The number of carbonyl (C=O) groups is 1. The minimum Gasteiger partial charge on any atom is -0.348 e. The van der Waals surface area contributed by atoms with Crippen molar-refractivity contribution in [2.45, 2.75) is 26.2 Å². The minimum absolute atomic E-state index is 0.145. The van der Waals surface area contributed by atoms with Crippen LogP contribution in [0.15, 0.2) is 6.33 Å². The molecule has 0 spiro atoms. The molecule has 1 aromatic rings. The van der Waals surface area contributed by atoms with Gasteiger partial charge in [-0.05, 0) is 38.1 Å². The van der Waals surface area contributed by atoms with Gasteiger partial charge in [0.1, 0.15) is 0 Å². The van der Waals surface area contributed by atoms with Crippen LogP contribution in [0, 0.1) is 6.92 Å². The summed E-state index contributed by atoms with van der Waals surface area (Å²) < 4.78 is 2.68. The van der Waals surface area contributed by atoms with Gasteiger partial charge in [-0.25, -0.2) is 9.78 Å². The van der Waals surface area contributed by atoms with E-state index in [9.17, 15) is 4.79 Å². The lowest BCUT2D eigenvalue weighted by Gasteiger charge is -2.02. The molecule has 0 aromatic carbocycles. The first-order valence-electron chi connectivity index (χ1n) is 5.32. The predicted octanol–water partition coefficient (Wildman–Crippen LogP) is 1.62. The molecule has 0 saturated heterocycles. The van der Waals surface area contributed by atoms with Gasteiger partial charge >= 0.3 is 6.03 Å². The van der Waals surface area contributed by atoms with Crippen molar-refractivity contribution >= 4 is 18.0 Å². The molecule has 0 fully saturated rings. The Morgan fingerprint density at radius 3 is 3.00 bits per heavy atom. The van der Waals surface area contributed by atoms with Crippen molar-refractivity contribution in [2.24, 2.45) is 0 Å². The highest BCUT2D eigenvalue weighted by Gasteiger charge is 2.00. The Morgan fingerprint density at radius 2 is 2.38 bits per heavy atom. The second-order valence-corrected chi connectivity index (χ2v) is 4.36. The number of aromatic nitrogens is 2. The fourth-order valence-electron chi connectivity index (χ4n) is 1.27. The van der Waals surface area contributed by atoms with Crippen molar-refractivity contribution in [3.63, 3.8) is 0 Å². The van der Waals surface area contributed by atoms with E-state index in [0.717, 1.165) is 36.4 Å². The normalized spacial score (nSPS) is 10.1. The second-order valence-electron chi connectivity index (χ2n) is 3.46. The first-order valence-corrected chi connectivity index (χ1v) is 6.31. The van der Waals surface area contributed by atoms with Gasteiger partial charge in [-0.2, -0.15) is 0 Å². The van der Waals surface area contributed by atoms with Gasteiger partial charge in [-0.15, -0.1) is 0 Å². The monoisotopic (exact) mass is 242 g/mol. The van der Waals surface area contributed by atoms with Gasteiger partial charge in [-0.3, -0.25) is 4.72 Å². The number of aryl methyl sites for hydroxylation is 2. The molecule has 16 heavy (non-hydrogen) atoms. The van der Waals surface area contributed by atoms with E-state index in [1.54, 1.807) is 13.4 Å². The fourth-order valence-corrected chi connectivity index (χ4v) is 1.96. The summed E-state index contributed by atoms with van der Waals surface area (Å²) in [4.78, 5) is 18.1. The zero-order valence-electron chi connectivity index (χ0n) is 9.67. The Balaban J connectivity index is 2.00. The average molecular weight is 242 g/mol. The summed E-state index contributed by atoms with van der Waals surface area (Å²) in [7, 11) is 1.61. The Morgan fingerprint density at radius 1 is 1.56 bits per heavy atom. The molecule has 0 atom stereocenters. The van der Waals surface area contributed by atoms with Crippen molar-refractivity contribution in [2.75, 3.05) is 12.8 Å². The van der Waals surface area contributed by atoms with E-state index >= 15 is 0 Å². The predicted molar refractivity (Wildman–Crippen MR) is 66.3 cm³/mol. The lowest BCUT2D eigenvalue weighted by atomic mass is 10.2. The Hall–Kier alpha value is -1.17. The van der Waals surface area contributed by atoms with Gasteiger partial charge in [0.05, 0.1) is 12.0 Å². The molecule has 2 amide bonds. The third kappa shape index (κ3) is 4.57. The standard InChI is InChI=1S/C10H18N4OS/c1-8-9(13-7-12-8)5-3-4-6-16-14-10(15)11-2/h7H,3-6H2,1-2H3,(H,12,13)(H2,11,14,15). The molecule has 0 aliphatic heterocycles. The van der Waals surface area contributed by atoms with Crippen LogP contribution in [0.1, 0.15) is 24.2 Å². The molecular weight excluding hydrogens is 224 g/mol. The van der Waals surface area contributed by atoms with Crippen molar-refractivity contribution in [3.8, 4) is 0 Å². The molecule has 0 bridgehead atoms. The number of hydrogen-bond donors (Lipinski definition) is 3. The van der Waals surface area contributed by atoms with E-state index in [-0.39, 0.29) is 6.03 Å². The van der Waals surface area contributed by atoms with Crippen molar-refractivity contribution in [3.05, 3.63) is 17.7 Å². The number of amides is 2. The van der Waals surface area contributed by atoms with Gasteiger partial charge in [0.25, 0.3) is 0 Å². The van der Waals surface area contributed by atoms with Crippen LogP contribution in [0.2, 0.25) is 0 Å². The highest BCUT2D eigenvalue weighted by atomic mass is 32.2. The summed E-state index contributed by atoms with van der Waals surface area (Å²) in [5, 5.41) is 2.50. The fraction of sp³-hybridized carbons (Fsp3) is 0.600. The van der Waals surface area contributed by atoms with Crippen LogP contribution in [0.3, 0.4) is 0 Å². The van der Waals surface area contributed by atoms with Crippen LogP contribution in [0.25, 0.3) is 0 Å². The topological polar surface area (TPSA) is 69.8 Å². The number of carbonyl (C=O) groups excluding carboxylic acids is 1. The van der Waals surface area contributed by atoms with Gasteiger partial charge in [0.15, 0.2) is 0 Å². The molecule has 6 heteroatoms. The summed E-state index contributed by atoms with van der Waals surface area (Å²) in [5.41, 5.74) is 2.29.